The summed E-state index contributed by atoms with van der Waals surface area (Å²) in [4.78, 5) is 21.2. The fourth-order valence-electron chi connectivity index (χ4n) is 2.69. The molecule has 0 amide bonds. The van der Waals surface area contributed by atoms with E-state index in [4.69, 9.17) is 5.73 Å². The molecule has 27 heavy (non-hydrogen) atoms. The number of halogens is 1. The Morgan fingerprint density at radius 2 is 1.63 bits per heavy atom. The third kappa shape index (κ3) is 7.21. The van der Waals surface area contributed by atoms with Gasteiger partial charge in [0.1, 0.15) is 5.69 Å². The number of nitrogen functional groups attached to an aromatic ring is 1. The van der Waals surface area contributed by atoms with Gasteiger partial charge in [0.15, 0.2) is 0 Å². The van der Waals surface area contributed by atoms with Gasteiger partial charge in [0.25, 0.3) is 0 Å². The predicted molar refractivity (Wildman–Crippen MR) is 114 cm³/mol. The van der Waals surface area contributed by atoms with Crippen molar-refractivity contribution in [2.75, 3.05) is 77.1 Å². The Hall–Kier alpha value is -1.49. The van der Waals surface area contributed by atoms with E-state index in [1.807, 2.05) is 25.8 Å². The molecule has 2 aliphatic heterocycles. The van der Waals surface area contributed by atoms with E-state index in [0.29, 0.717) is 23.4 Å². The SMILES string of the molecule is CC.CN1CCN(c2ncc(Br)c(N)c2[N+](=O)[O-])CC1.CN1CCNCC1. The number of anilines is 2. The molecule has 0 atom stereocenters. The van der Waals surface area contributed by atoms with Crippen LogP contribution in [-0.2, 0) is 0 Å². The Labute approximate surface area is 170 Å². The number of hydrogen-bond donors (Lipinski definition) is 2. The topological polar surface area (TPSA) is 104 Å². The van der Waals surface area contributed by atoms with E-state index in [2.05, 4.69) is 43.1 Å². The molecule has 3 rings (SSSR count). The van der Waals surface area contributed by atoms with E-state index in [-0.39, 0.29) is 11.4 Å². The molecule has 10 heteroatoms. The zero-order chi connectivity index (χ0) is 20.4. The van der Waals surface area contributed by atoms with Crippen LogP contribution in [0.3, 0.4) is 0 Å². The first-order valence-corrected chi connectivity index (χ1v) is 10.1. The van der Waals surface area contributed by atoms with Crippen molar-refractivity contribution in [2.24, 2.45) is 0 Å². The second-order valence-corrected chi connectivity index (χ2v) is 7.15. The molecule has 0 saturated carbocycles. The highest BCUT2D eigenvalue weighted by Gasteiger charge is 2.27. The highest BCUT2D eigenvalue weighted by atomic mass is 79.9. The van der Waals surface area contributed by atoms with Crippen LogP contribution in [0.5, 0.6) is 0 Å². The largest absolute Gasteiger partial charge is 0.392 e. The van der Waals surface area contributed by atoms with Crippen molar-refractivity contribution in [1.29, 1.82) is 0 Å². The Morgan fingerprint density at radius 1 is 1.11 bits per heavy atom. The Balaban J connectivity index is 0.000000338. The average Bonchev–Trinajstić information content (AvgIpc) is 2.67. The minimum atomic E-state index is -0.471. The average molecular weight is 446 g/mol. The van der Waals surface area contributed by atoms with Gasteiger partial charge in [-0.05, 0) is 30.0 Å². The number of nitro groups is 1. The van der Waals surface area contributed by atoms with Gasteiger partial charge in [-0.2, -0.15) is 0 Å². The number of nitrogens with one attached hydrogen (secondary N) is 1. The van der Waals surface area contributed by atoms with Crippen molar-refractivity contribution in [2.45, 2.75) is 13.8 Å². The maximum absolute atomic E-state index is 11.1. The van der Waals surface area contributed by atoms with Gasteiger partial charge in [-0.3, -0.25) is 10.1 Å². The number of aromatic nitrogens is 1. The minimum Gasteiger partial charge on any atom is -0.392 e. The maximum Gasteiger partial charge on any atom is 0.335 e. The normalized spacial score (nSPS) is 18.0. The molecule has 0 spiro atoms. The molecule has 0 radical (unpaired) electrons. The van der Waals surface area contributed by atoms with E-state index in [9.17, 15) is 10.1 Å². The van der Waals surface area contributed by atoms with Gasteiger partial charge in [-0.15, -0.1) is 0 Å². The lowest BCUT2D eigenvalue weighted by molar-refractivity contribution is -0.383. The monoisotopic (exact) mass is 445 g/mol. The van der Waals surface area contributed by atoms with Crippen molar-refractivity contribution in [3.63, 3.8) is 0 Å². The molecule has 9 nitrogen and oxygen atoms in total. The first kappa shape index (κ1) is 23.5. The quantitative estimate of drug-likeness (QED) is 0.522. The van der Waals surface area contributed by atoms with Crippen LogP contribution in [-0.4, -0.2) is 86.2 Å². The van der Waals surface area contributed by atoms with Crippen molar-refractivity contribution in [3.05, 3.63) is 20.8 Å². The fraction of sp³-hybridized carbons (Fsp3) is 0.706. The Kier molecular flexibility index (Phi) is 10.5. The standard InChI is InChI=1S/C10H14BrN5O2.C5H12N2.C2H6/c1-14-2-4-15(5-3-14)10-9(16(17)18)8(12)7(11)6-13-10;1-7-4-2-6-3-5-7;1-2/h6H,2-5H2,1H3,(H2,12,13);6H,2-5H2,1H3;1-2H3. The minimum absolute atomic E-state index is 0.117. The van der Waals surface area contributed by atoms with Gasteiger partial charge in [-0.1, -0.05) is 13.8 Å². The number of likely N-dealkylation sites (N-methyl/N-ethyl adjacent to an activating group) is 2. The number of rotatable bonds is 2. The van der Waals surface area contributed by atoms with Crippen LogP contribution < -0.4 is 16.0 Å². The molecule has 0 bridgehead atoms. The van der Waals surface area contributed by atoms with Gasteiger partial charge >= 0.3 is 5.69 Å². The molecule has 3 heterocycles. The van der Waals surface area contributed by atoms with Crippen LogP contribution in [0.4, 0.5) is 17.2 Å². The summed E-state index contributed by atoms with van der Waals surface area (Å²) in [5.41, 5.74) is 5.76. The highest BCUT2D eigenvalue weighted by Crippen LogP contribution is 2.36. The van der Waals surface area contributed by atoms with Crippen molar-refractivity contribution >= 4 is 33.1 Å². The molecule has 0 aliphatic carbocycles. The van der Waals surface area contributed by atoms with Gasteiger partial charge in [0.05, 0.1) is 9.40 Å². The lowest BCUT2D eigenvalue weighted by atomic mass is 10.2. The number of nitrogens with zero attached hydrogens (tertiary/aromatic N) is 5. The summed E-state index contributed by atoms with van der Waals surface area (Å²) in [6.07, 6.45) is 1.51. The van der Waals surface area contributed by atoms with Crippen LogP contribution in [0, 0.1) is 10.1 Å². The molecule has 2 aliphatic rings. The molecule has 2 saturated heterocycles. The molecule has 2 fully saturated rings. The van der Waals surface area contributed by atoms with E-state index in [1.165, 1.54) is 19.3 Å². The first-order chi connectivity index (χ1) is 12.9. The van der Waals surface area contributed by atoms with Crippen LogP contribution in [0.2, 0.25) is 0 Å². The summed E-state index contributed by atoms with van der Waals surface area (Å²) in [5.74, 6) is 0.355. The summed E-state index contributed by atoms with van der Waals surface area (Å²) in [6.45, 7) is 11.9. The second-order valence-electron chi connectivity index (χ2n) is 6.29. The summed E-state index contributed by atoms with van der Waals surface area (Å²) in [5, 5.41) is 14.4. The highest BCUT2D eigenvalue weighted by molar-refractivity contribution is 9.10. The van der Waals surface area contributed by atoms with Gasteiger partial charge in [0.2, 0.25) is 5.82 Å². The second kappa shape index (κ2) is 12.1. The van der Waals surface area contributed by atoms with E-state index in [0.717, 1.165) is 26.2 Å². The summed E-state index contributed by atoms with van der Waals surface area (Å²) in [7, 11) is 4.18. The molecule has 154 valence electrons. The van der Waals surface area contributed by atoms with Gasteiger partial charge in [-0.25, -0.2) is 4.98 Å². The van der Waals surface area contributed by atoms with Crippen LogP contribution in [0.25, 0.3) is 0 Å². The molecular weight excluding hydrogens is 414 g/mol. The smallest absolute Gasteiger partial charge is 0.335 e. The molecule has 1 aromatic heterocycles. The van der Waals surface area contributed by atoms with E-state index >= 15 is 0 Å². The lowest BCUT2D eigenvalue weighted by Gasteiger charge is -2.32. The number of piperazine rings is 2. The molecular formula is C17H32BrN7O2. The van der Waals surface area contributed by atoms with Crippen LogP contribution in [0.15, 0.2) is 10.7 Å². The van der Waals surface area contributed by atoms with Crippen LogP contribution in [0.1, 0.15) is 13.8 Å². The Morgan fingerprint density at radius 3 is 2.07 bits per heavy atom. The van der Waals surface area contributed by atoms with Gasteiger partial charge in [0, 0.05) is 58.6 Å². The van der Waals surface area contributed by atoms with Gasteiger partial charge < -0.3 is 25.8 Å². The predicted octanol–water partition coefficient (Wildman–Crippen LogP) is 1.63. The number of pyridine rings is 1. The van der Waals surface area contributed by atoms with Crippen LogP contribution >= 0.6 is 15.9 Å². The lowest BCUT2D eigenvalue weighted by Crippen LogP contribution is -2.45. The van der Waals surface area contributed by atoms with E-state index in [1.54, 1.807) is 0 Å². The molecule has 0 unspecified atom stereocenters. The third-order valence-electron chi connectivity index (χ3n) is 4.35. The zero-order valence-electron chi connectivity index (χ0n) is 16.7. The third-order valence-corrected chi connectivity index (χ3v) is 4.98. The summed E-state index contributed by atoms with van der Waals surface area (Å²) >= 11 is 3.16. The molecule has 0 aromatic carbocycles. The molecule has 3 N–H and O–H groups in total. The van der Waals surface area contributed by atoms with Crippen molar-refractivity contribution in [1.82, 2.24) is 20.1 Å². The van der Waals surface area contributed by atoms with Crippen molar-refractivity contribution in [3.8, 4) is 0 Å². The summed E-state index contributed by atoms with van der Waals surface area (Å²) < 4.78 is 0.451. The molecule has 1 aromatic rings. The van der Waals surface area contributed by atoms with E-state index < -0.39 is 4.92 Å². The first-order valence-electron chi connectivity index (χ1n) is 9.31. The zero-order valence-corrected chi connectivity index (χ0v) is 18.3. The summed E-state index contributed by atoms with van der Waals surface area (Å²) in [6, 6.07) is 0. The number of nitrogens with two attached hydrogens (primary N) is 1. The van der Waals surface area contributed by atoms with Crippen molar-refractivity contribution < 1.29 is 4.92 Å². The maximum atomic E-state index is 11.1. The Bertz CT molecular complexity index is 589. The fourth-order valence-corrected chi connectivity index (χ4v) is 2.98. The number of hydrogen-bond acceptors (Lipinski definition) is 8.